The van der Waals surface area contributed by atoms with Crippen molar-refractivity contribution in [2.24, 2.45) is 0 Å². The fraction of sp³-hybridized carbons (Fsp3) is 0.636. The molecule has 1 unspecified atom stereocenters. The Morgan fingerprint density at radius 3 is 3.00 bits per heavy atom. The molecular weight excluding hydrogens is 276 g/mol. The van der Waals surface area contributed by atoms with Crippen LogP contribution in [0.2, 0.25) is 0 Å². The quantitative estimate of drug-likeness (QED) is 0.782. The molecule has 0 saturated carbocycles. The van der Waals surface area contributed by atoms with Crippen LogP contribution in [-0.4, -0.2) is 24.4 Å². The van der Waals surface area contributed by atoms with E-state index in [9.17, 15) is 5.11 Å². The summed E-state index contributed by atoms with van der Waals surface area (Å²) in [7, 11) is 0. The van der Waals surface area contributed by atoms with Gasteiger partial charge in [-0.05, 0) is 41.8 Å². The zero-order chi connectivity index (χ0) is 11.1. The Bertz CT molecular complexity index is 275. The molecule has 2 nitrogen and oxygen atoms in total. The predicted molar refractivity (Wildman–Crippen MR) is 67.5 cm³/mol. The summed E-state index contributed by atoms with van der Waals surface area (Å²) in [5.74, 6) is 0. The van der Waals surface area contributed by atoms with Crippen molar-refractivity contribution in [1.29, 1.82) is 0 Å². The molecule has 1 aromatic heterocycles. The summed E-state index contributed by atoms with van der Waals surface area (Å²) in [5, 5.41) is 11.8. The van der Waals surface area contributed by atoms with E-state index in [0.717, 1.165) is 36.9 Å². The van der Waals surface area contributed by atoms with Gasteiger partial charge in [-0.1, -0.05) is 0 Å². The van der Waals surface area contributed by atoms with Crippen molar-refractivity contribution >= 4 is 27.3 Å². The number of halogens is 1. The number of ether oxygens (including phenoxy) is 1. The smallest absolute Gasteiger partial charge is 0.0589 e. The maximum Gasteiger partial charge on any atom is 0.0589 e. The van der Waals surface area contributed by atoms with E-state index in [4.69, 9.17) is 4.74 Å². The molecule has 15 heavy (non-hydrogen) atoms. The Kier molecular flexibility index (Phi) is 6.48. The van der Waals surface area contributed by atoms with E-state index in [-0.39, 0.29) is 6.10 Å². The average molecular weight is 293 g/mol. The van der Waals surface area contributed by atoms with E-state index >= 15 is 0 Å². The van der Waals surface area contributed by atoms with Gasteiger partial charge in [-0.2, -0.15) is 0 Å². The molecule has 0 bridgehead atoms. The van der Waals surface area contributed by atoms with Gasteiger partial charge in [0.25, 0.3) is 0 Å². The summed E-state index contributed by atoms with van der Waals surface area (Å²) in [6, 6.07) is 2.07. The molecule has 1 atom stereocenters. The van der Waals surface area contributed by atoms with Crippen molar-refractivity contribution < 1.29 is 9.84 Å². The van der Waals surface area contributed by atoms with E-state index in [0.29, 0.717) is 0 Å². The second-order valence-electron chi connectivity index (χ2n) is 3.43. The standard InChI is InChI=1S/C11H17BrO2S/c1-2-14-5-3-4-10(13)7-11-6-9(12)8-15-11/h6,8,10,13H,2-5,7H2,1H3. The van der Waals surface area contributed by atoms with Crippen LogP contribution in [0.1, 0.15) is 24.6 Å². The minimum Gasteiger partial charge on any atom is -0.393 e. The number of rotatable bonds is 7. The molecule has 0 spiro atoms. The molecule has 0 saturated heterocycles. The van der Waals surface area contributed by atoms with Gasteiger partial charge in [-0.3, -0.25) is 0 Å². The van der Waals surface area contributed by atoms with E-state index in [1.54, 1.807) is 11.3 Å². The van der Waals surface area contributed by atoms with Gasteiger partial charge in [-0.25, -0.2) is 0 Å². The van der Waals surface area contributed by atoms with Crippen molar-refractivity contribution in [1.82, 2.24) is 0 Å². The molecule has 1 N–H and O–H groups in total. The van der Waals surface area contributed by atoms with E-state index in [1.807, 2.05) is 12.3 Å². The predicted octanol–water partition coefficient (Wildman–Crippen LogP) is 3.23. The topological polar surface area (TPSA) is 29.5 Å². The van der Waals surface area contributed by atoms with Crippen LogP contribution in [0.3, 0.4) is 0 Å². The largest absolute Gasteiger partial charge is 0.393 e. The van der Waals surface area contributed by atoms with Gasteiger partial charge < -0.3 is 9.84 Å². The highest BCUT2D eigenvalue weighted by atomic mass is 79.9. The average Bonchev–Trinajstić information content (AvgIpc) is 2.59. The fourth-order valence-electron chi connectivity index (χ4n) is 1.36. The highest BCUT2D eigenvalue weighted by molar-refractivity contribution is 9.10. The third kappa shape index (κ3) is 5.66. The Hall–Kier alpha value is 0.1000. The first-order chi connectivity index (χ1) is 7.22. The van der Waals surface area contributed by atoms with Crippen LogP contribution in [0.4, 0.5) is 0 Å². The lowest BCUT2D eigenvalue weighted by Gasteiger charge is -2.08. The molecule has 0 fully saturated rings. The van der Waals surface area contributed by atoms with Crippen LogP contribution >= 0.6 is 27.3 Å². The van der Waals surface area contributed by atoms with Gasteiger partial charge in [0.05, 0.1) is 6.10 Å². The summed E-state index contributed by atoms with van der Waals surface area (Å²) in [4.78, 5) is 1.23. The summed E-state index contributed by atoms with van der Waals surface area (Å²) in [5.41, 5.74) is 0. The second kappa shape index (κ2) is 7.39. The molecule has 86 valence electrons. The van der Waals surface area contributed by atoms with Crippen LogP contribution in [-0.2, 0) is 11.2 Å². The maximum atomic E-state index is 9.75. The van der Waals surface area contributed by atoms with Crippen molar-refractivity contribution in [3.63, 3.8) is 0 Å². The molecule has 4 heteroatoms. The molecule has 0 aliphatic carbocycles. The lowest BCUT2D eigenvalue weighted by molar-refractivity contribution is 0.114. The molecule has 0 amide bonds. The maximum absolute atomic E-state index is 9.75. The number of hydrogen-bond donors (Lipinski definition) is 1. The number of aliphatic hydroxyl groups excluding tert-OH is 1. The summed E-state index contributed by atoms with van der Waals surface area (Å²) in [6.07, 6.45) is 2.26. The second-order valence-corrected chi connectivity index (χ2v) is 5.34. The Morgan fingerprint density at radius 2 is 2.40 bits per heavy atom. The Balaban J connectivity index is 2.15. The van der Waals surface area contributed by atoms with Crippen molar-refractivity contribution in [2.45, 2.75) is 32.3 Å². The number of aliphatic hydroxyl groups is 1. The van der Waals surface area contributed by atoms with Crippen LogP contribution in [0.15, 0.2) is 15.9 Å². The van der Waals surface area contributed by atoms with Gasteiger partial charge in [-0.15, -0.1) is 11.3 Å². The first-order valence-corrected chi connectivity index (χ1v) is 6.88. The molecule has 1 heterocycles. The zero-order valence-corrected chi connectivity index (χ0v) is 11.3. The molecule has 1 aromatic rings. The summed E-state index contributed by atoms with van der Waals surface area (Å²) in [6.45, 7) is 3.50. The lowest BCUT2D eigenvalue weighted by atomic mass is 10.1. The zero-order valence-electron chi connectivity index (χ0n) is 8.91. The Labute approximate surface area is 103 Å². The molecule has 0 aliphatic rings. The third-order valence-electron chi connectivity index (χ3n) is 2.09. The lowest BCUT2D eigenvalue weighted by Crippen LogP contribution is -2.10. The van der Waals surface area contributed by atoms with E-state index in [1.165, 1.54) is 4.88 Å². The van der Waals surface area contributed by atoms with E-state index < -0.39 is 0 Å². The minimum atomic E-state index is -0.240. The van der Waals surface area contributed by atoms with Crippen molar-refractivity contribution in [3.05, 3.63) is 20.8 Å². The fourth-order valence-corrected chi connectivity index (χ4v) is 2.88. The highest BCUT2D eigenvalue weighted by Crippen LogP contribution is 2.21. The van der Waals surface area contributed by atoms with Gasteiger partial charge in [0.15, 0.2) is 0 Å². The normalized spacial score (nSPS) is 13.0. The number of thiophene rings is 1. The van der Waals surface area contributed by atoms with Crippen LogP contribution in [0.25, 0.3) is 0 Å². The molecular formula is C11H17BrO2S. The Morgan fingerprint density at radius 1 is 1.60 bits per heavy atom. The first kappa shape index (κ1) is 13.2. The van der Waals surface area contributed by atoms with E-state index in [2.05, 4.69) is 22.0 Å². The molecule has 0 aromatic carbocycles. The third-order valence-corrected chi connectivity index (χ3v) is 3.81. The molecule has 0 radical (unpaired) electrons. The molecule has 1 rings (SSSR count). The van der Waals surface area contributed by atoms with Gasteiger partial charge in [0.2, 0.25) is 0 Å². The highest BCUT2D eigenvalue weighted by Gasteiger charge is 2.07. The molecule has 0 aliphatic heterocycles. The monoisotopic (exact) mass is 292 g/mol. The summed E-state index contributed by atoms with van der Waals surface area (Å²) >= 11 is 5.09. The van der Waals surface area contributed by atoms with Crippen molar-refractivity contribution in [3.8, 4) is 0 Å². The number of hydrogen-bond acceptors (Lipinski definition) is 3. The first-order valence-electron chi connectivity index (χ1n) is 5.21. The minimum absolute atomic E-state index is 0.240. The van der Waals surface area contributed by atoms with Crippen LogP contribution < -0.4 is 0 Å². The van der Waals surface area contributed by atoms with Crippen LogP contribution in [0.5, 0.6) is 0 Å². The SMILES string of the molecule is CCOCCCC(O)Cc1cc(Br)cs1. The summed E-state index contributed by atoms with van der Waals surface area (Å²) < 4.78 is 6.32. The van der Waals surface area contributed by atoms with Crippen molar-refractivity contribution in [2.75, 3.05) is 13.2 Å². The van der Waals surface area contributed by atoms with Gasteiger partial charge >= 0.3 is 0 Å². The van der Waals surface area contributed by atoms with Gasteiger partial charge in [0.1, 0.15) is 0 Å². The van der Waals surface area contributed by atoms with Gasteiger partial charge in [0, 0.05) is 34.4 Å². The van der Waals surface area contributed by atoms with Crippen LogP contribution in [0, 0.1) is 0 Å².